The third-order valence-corrected chi connectivity index (χ3v) is 5.88. The van der Waals surface area contributed by atoms with Crippen LogP contribution in [0.1, 0.15) is 48.5 Å². The molecule has 0 bridgehead atoms. The van der Waals surface area contributed by atoms with Gasteiger partial charge in [0.1, 0.15) is 5.58 Å². The summed E-state index contributed by atoms with van der Waals surface area (Å²) in [6.07, 6.45) is 2.24. The van der Waals surface area contributed by atoms with E-state index in [-0.39, 0.29) is 11.8 Å². The standard InChI is InChI=1S/C24H28N2O2/c1-3-26-15-13-18(14-16-26)22-20-11-7-8-12-21(20)28-24(22)25-17(2)23(27)19-9-5-4-6-10-19/h4-12,17-18,25H,3,13-16H2,1-2H3. The summed E-state index contributed by atoms with van der Waals surface area (Å²) in [6, 6.07) is 17.3. The number of carbonyl (C=O) groups is 1. The monoisotopic (exact) mass is 376 g/mol. The van der Waals surface area contributed by atoms with E-state index in [1.165, 1.54) is 10.9 Å². The lowest BCUT2D eigenvalue weighted by molar-refractivity contribution is 0.0974. The summed E-state index contributed by atoms with van der Waals surface area (Å²) < 4.78 is 6.19. The molecule has 1 saturated heterocycles. The number of para-hydroxylation sites is 1. The molecular formula is C24H28N2O2. The SMILES string of the molecule is CCN1CCC(c2c(NC(C)C(=O)c3ccccc3)oc3ccccc23)CC1. The van der Waals surface area contributed by atoms with Gasteiger partial charge in [-0.05, 0) is 51.4 Å². The first-order chi connectivity index (χ1) is 13.7. The van der Waals surface area contributed by atoms with Crippen molar-refractivity contribution in [2.45, 2.75) is 38.6 Å². The van der Waals surface area contributed by atoms with Crippen molar-refractivity contribution in [3.8, 4) is 0 Å². The van der Waals surface area contributed by atoms with Gasteiger partial charge in [-0.3, -0.25) is 4.79 Å². The van der Waals surface area contributed by atoms with Gasteiger partial charge >= 0.3 is 0 Å². The average molecular weight is 377 g/mol. The zero-order chi connectivity index (χ0) is 19.5. The van der Waals surface area contributed by atoms with Gasteiger partial charge in [-0.1, -0.05) is 55.5 Å². The molecule has 4 heteroatoms. The highest BCUT2D eigenvalue weighted by atomic mass is 16.4. The van der Waals surface area contributed by atoms with Crippen LogP contribution in [0.5, 0.6) is 0 Å². The molecule has 0 radical (unpaired) electrons. The number of Topliss-reactive ketones (excluding diaryl/α,β-unsaturated/α-hetero) is 1. The van der Waals surface area contributed by atoms with Crippen molar-refractivity contribution in [3.05, 3.63) is 65.7 Å². The number of furan rings is 1. The van der Waals surface area contributed by atoms with Crippen molar-refractivity contribution in [3.63, 3.8) is 0 Å². The van der Waals surface area contributed by atoms with E-state index in [1.807, 2.05) is 49.4 Å². The van der Waals surface area contributed by atoms with Crippen LogP contribution in [0.4, 0.5) is 5.88 Å². The number of piperidine rings is 1. The minimum absolute atomic E-state index is 0.0767. The van der Waals surface area contributed by atoms with E-state index < -0.39 is 0 Å². The normalized spacial score (nSPS) is 16.9. The van der Waals surface area contributed by atoms with Gasteiger partial charge in [0.25, 0.3) is 0 Å². The van der Waals surface area contributed by atoms with Crippen LogP contribution in [-0.4, -0.2) is 36.4 Å². The lowest BCUT2D eigenvalue weighted by Gasteiger charge is -2.31. The first kappa shape index (κ1) is 18.8. The average Bonchev–Trinajstić information content (AvgIpc) is 3.11. The molecule has 0 spiro atoms. The molecule has 1 aromatic heterocycles. The smallest absolute Gasteiger partial charge is 0.198 e. The lowest BCUT2D eigenvalue weighted by atomic mass is 9.88. The number of anilines is 1. The van der Waals surface area contributed by atoms with Crippen LogP contribution >= 0.6 is 0 Å². The molecule has 1 atom stereocenters. The number of benzene rings is 2. The minimum atomic E-state index is -0.350. The largest absolute Gasteiger partial charge is 0.440 e. The van der Waals surface area contributed by atoms with Crippen molar-refractivity contribution in [2.24, 2.45) is 0 Å². The third-order valence-electron chi connectivity index (χ3n) is 5.88. The second-order valence-corrected chi connectivity index (χ2v) is 7.65. The van der Waals surface area contributed by atoms with Crippen LogP contribution in [0.15, 0.2) is 59.0 Å². The Morgan fingerprint density at radius 3 is 2.50 bits per heavy atom. The van der Waals surface area contributed by atoms with E-state index in [0.29, 0.717) is 5.92 Å². The predicted molar refractivity (Wildman–Crippen MR) is 114 cm³/mol. The molecule has 1 unspecified atom stereocenters. The van der Waals surface area contributed by atoms with Crippen molar-refractivity contribution >= 4 is 22.6 Å². The number of fused-ring (bicyclic) bond motifs is 1. The maximum Gasteiger partial charge on any atom is 0.198 e. The van der Waals surface area contributed by atoms with Crippen LogP contribution in [0, 0.1) is 0 Å². The van der Waals surface area contributed by atoms with E-state index >= 15 is 0 Å². The van der Waals surface area contributed by atoms with E-state index in [2.05, 4.69) is 29.3 Å². The highest BCUT2D eigenvalue weighted by molar-refractivity contribution is 6.01. The number of rotatable bonds is 6. The van der Waals surface area contributed by atoms with Gasteiger partial charge in [0.15, 0.2) is 11.7 Å². The zero-order valence-corrected chi connectivity index (χ0v) is 16.7. The fraction of sp³-hybridized carbons (Fsp3) is 0.375. The summed E-state index contributed by atoms with van der Waals surface area (Å²) in [5.41, 5.74) is 2.84. The quantitative estimate of drug-likeness (QED) is 0.592. The summed E-state index contributed by atoms with van der Waals surface area (Å²) in [6.45, 7) is 7.45. The molecule has 1 aliphatic rings. The third kappa shape index (κ3) is 3.69. The molecule has 1 aliphatic heterocycles. The first-order valence-corrected chi connectivity index (χ1v) is 10.3. The topological polar surface area (TPSA) is 45.5 Å². The van der Waals surface area contributed by atoms with Crippen LogP contribution in [-0.2, 0) is 0 Å². The van der Waals surface area contributed by atoms with Gasteiger partial charge in [0.2, 0.25) is 0 Å². The van der Waals surface area contributed by atoms with Gasteiger partial charge in [0.05, 0.1) is 6.04 Å². The first-order valence-electron chi connectivity index (χ1n) is 10.3. The van der Waals surface area contributed by atoms with Gasteiger partial charge in [0, 0.05) is 16.5 Å². The Bertz CT molecular complexity index is 940. The Balaban J connectivity index is 1.62. The van der Waals surface area contributed by atoms with Gasteiger partial charge in [-0.15, -0.1) is 0 Å². The molecule has 4 nitrogen and oxygen atoms in total. The fourth-order valence-corrected chi connectivity index (χ4v) is 4.23. The highest BCUT2D eigenvalue weighted by Crippen LogP contribution is 2.40. The van der Waals surface area contributed by atoms with Crippen LogP contribution in [0.2, 0.25) is 0 Å². The van der Waals surface area contributed by atoms with Crippen molar-refractivity contribution in [1.82, 2.24) is 4.90 Å². The fourth-order valence-electron chi connectivity index (χ4n) is 4.23. The zero-order valence-electron chi connectivity index (χ0n) is 16.7. The number of nitrogens with one attached hydrogen (secondary N) is 1. The highest BCUT2D eigenvalue weighted by Gasteiger charge is 2.28. The van der Waals surface area contributed by atoms with Gasteiger partial charge in [-0.2, -0.15) is 0 Å². The summed E-state index contributed by atoms with van der Waals surface area (Å²) >= 11 is 0. The van der Waals surface area contributed by atoms with Crippen LogP contribution < -0.4 is 5.32 Å². The summed E-state index contributed by atoms with van der Waals surface area (Å²) in [7, 11) is 0. The molecule has 0 amide bonds. The maximum absolute atomic E-state index is 12.8. The number of hydrogen-bond donors (Lipinski definition) is 1. The number of likely N-dealkylation sites (tertiary alicyclic amines) is 1. The second-order valence-electron chi connectivity index (χ2n) is 7.65. The molecule has 146 valence electrons. The van der Waals surface area contributed by atoms with E-state index in [9.17, 15) is 4.79 Å². The number of hydrogen-bond acceptors (Lipinski definition) is 4. The summed E-state index contributed by atoms with van der Waals surface area (Å²) in [4.78, 5) is 15.3. The van der Waals surface area contributed by atoms with Crippen LogP contribution in [0.25, 0.3) is 11.0 Å². The van der Waals surface area contributed by atoms with Crippen molar-refractivity contribution in [2.75, 3.05) is 25.0 Å². The molecule has 28 heavy (non-hydrogen) atoms. The van der Waals surface area contributed by atoms with E-state index in [1.54, 1.807) is 0 Å². The van der Waals surface area contributed by atoms with E-state index in [0.717, 1.165) is 49.5 Å². The minimum Gasteiger partial charge on any atom is -0.440 e. The Morgan fingerprint density at radius 1 is 1.11 bits per heavy atom. The predicted octanol–water partition coefficient (Wildman–Crippen LogP) is 5.32. The molecular weight excluding hydrogens is 348 g/mol. The molecule has 2 heterocycles. The number of nitrogens with zero attached hydrogens (tertiary/aromatic N) is 1. The molecule has 2 aromatic carbocycles. The molecule has 0 aliphatic carbocycles. The lowest BCUT2D eigenvalue weighted by Crippen LogP contribution is -2.33. The number of carbonyl (C=O) groups excluding carboxylic acids is 1. The van der Waals surface area contributed by atoms with Crippen molar-refractivity contribution < 1.29 is 9.21 Å². The molecule has 0 saturated carbocycles. The Morgan fingerprint density at radius 2 is 1.79 bits per heavy atom. The van der Waals surface area contributed by atoms with Crippen molar-refractivity contribution in [1.29, 1.82) is 0 Å². The van der Waals surface area contributed by atoms with E-state index in [4.69, 9.17) is 4.42 Å². The van der Waals surface area contributed by atoms with Crippen LogP contribution in [0.3, 0.4) is 0 Å². The Labute approximate surface area is 166 Å². The second kappa shape index (κ2) is 8.19. The Kier molecular flexibility index (Phi) is 5.49. The molecule has 3 aromatic rings. The molecule has 4 rings (SSSR count). The number of ketones is 1. The molecule has 1 N–H and O–H groups in total. The molecule has 1 fully saturated rings. The van der Waals surface area contributed by atoms with Gasteiger partial charge < -0.3 is 14.6 Å². The maximum atomic E-state index is 12.8. The Hall–Kier alpha value is -2.59. The summed E-state index contributed by atoms with van der Waals surface area (Å²) in [5, 5.41) is 4.56. The summed E-state index contributed by atoms with van der Waals surface area (Å²) in [5.74, 6) is 1.29. The van der Waals surface area contributed by atoms with Gasteiger partial charge in [-0.25, -0.2) is 0 Å².